The number of rotatable bonds is 5. The predicted molar refractivity (Wildman–Crippen MR) is 104 cm³/mol. The fraction of sp³-hybridized carbons (Fsp3) is 0.100. The van der Waals surface area contributed by atoms with Crippen molar-refractivity contribution in [1.29, 1.82) is 0 Å². The largest absolute Gasteiger partial charge is 0.286 e. The molecule has 2 aromatic carbocycles. The van der Waals surface area contributed by atoms with Gasteiger partial charge >= 0.3 is 0 Å². The monoisotopic (exact) mass is 432 g/mol. The lowest BCUT2D eigenvalue weighted by atomic mass is 10.2. The molecule has 0 saturated carbocycles. The summed E-state index contributed by atoms with van der Waals surface area (Å²) < 4.78 is 70.6. The van der Waals surface area contributed by atoms with Crippen LogP contribution in [-0.2, 0) is 16.6 Å². The van der Waals surface area contributed by atoms with E-state index in [1.165, 1.54) is 40.8 Å². The Labute approximate surface area is 170 Å². The highest BCUT2D eigenvalue weighted by molar-refractivity contribution is 7.93. The van der Waals surface area contributed by atoms with Crippen LogP contribution in [0.3, 0.4) is 0 Å². The summed E-state index contributed by atoms with van der Waals surface area (Å²) in [7, 11) is -4.33. The summed E-state index contributed by atoms with van der Waals surface area (Å²) in [5.74, 6) is -1.88. The molecule has 6 nitrogen and oxygen atoms in total. The van der Waals surface area contributed by atoms with Gasteiger partial charge in [0.2, 0.25) is 0 Å². The molecular formula is C20H15F3N4O2S. The van der Waals surface area contributed by atoms with E-state index in [4.69, 9.17) is 0 Å². The van der Waals surface area contributed by atoms with Crippen LogP contribution in [-0.4, -0.2) is 23.0 Å². The Hall–Kier alpha value is -3.40. The summed E-state index contributed by atoms with van der Waals surface area (Å²) in [5.41, 5.74) is 0.292. The van der Waals surface area contributed by atoms with Gasteiger partial charge in [-0.25, -0.2) is 21.6 Å². The maximum Gasteiger partial charge on any atom is 0.268 e. The van der Waals surface area contributed by atoms with Crippen molar-refractivity contribution < 1.29 is 21.6 Å². The molecule has 0 aliphatic carbocycles. The van der Waals surface area contributed by atoms with E-state index in [0.717, 1.165) is 16.4 Å². The van der Waals surface area contributed by atoms with E-state index >= 15 is 0 Å². The number of aryl methyl sites for hydroxylation is 1. The quantitative estimate of drug-likeness (QED) is 0.481. The minimum absolute atomic E-state index is 0.0796. The smallest absolute Gasteiger partial charge is 0.268 e. The van der Waals surface area contributed by atoms with Crippen molar-refractivity contribution in [3.63, 3.8) is 0 Å². The van der Waals surface area contributed by atoms with Crippen molar-refractivity contribution in [2.24, 2.45) is 0 Å². The Morgan fingerprint density at radius 2 is 1.60 bits per heavy atom. The standard InChI is InChI=1S/C20H15F3N4O2S/c1-13-24-25-20-19(3-2-8-26(13)20)30(28,29)27(12-14-4-6-15(21)7-5-14)18-10-16(22)9-17(23)11-18/h2-11H,12H2,1H3. The number of pyridine rings is 1. The summed E-state index contributed by atoms with van der Waals surface area (Å²) in [6.45, 7) is 1.38. The van der Waals surface area contributed by atoms with Gasteiger partial charge in [0.05, 0.1) is 12.2 Å². The Bertz CT molecular complexity index is 1320. The molecule has 10 heteroatoms. The van der Waals surface area contributed by atoms with E-state index in [9.17, 15) is 21.6 Å². The van der Waals surface area contributed by atoms with Gasteiger partial charge in [-0.2, -0.15) is 0 Å². The van der Waals surface area contributed by atoms with E-state index in [1.54, 1.807) is 13.1 Å². The average Bonchev–Trinajstić information content (AvgIpc) is 3.07. The van der Waals surface area contributed by atoms with Crippen LogP contribution < -0.4 is 4.31 Å². The molecule has 0 aliphatic rings. The van der Waals surface area contributed by atoms with Gasteiger partial charge in [0.25, 0.3) is 10.0 Å². The van der Waals surface area contributed by atoms with Gasteiger partial charge < -0.3 is 0 Å². The van der Waals surface area contributed by atoms with Crippen LogP contribution in [0.5, 0.6) is 0 Å². The summed E-state index contributed by atoms with van der Waals surface area (Å²) in [6, 6.07) is 10.5. The number of sulfonamides is 1. The first-order valence-electron chi connectivity index (χ1n) is 8.79. The minimum atomic E-state index is -4.33. The van der Waals surface area contributed by atoms with Crippen LogP contribution >= 0.6 is 0 Å². The lowest BCUT2D eigenvalue weighted by Crippen LogP contribution is -2.31. The zero-order valence-electron chi connectivity index (χ0n) is 15.6. The van der Waals surface area contributed by atoms with Gasteiger partial charge in [-0.05, 0) is 48.9 Å². The average molecular weight is 432 g/mol. The van der Waals surface area contributed by atoms with Crippen LogP contribution in [0.25, 0.3) is 5.65 Å². The molecule has 0 saturated heterocycles. The third-order valence-corrected chi connectivity index (χ3v) is 6.31. The maximum absolute atomic E-state index is 13.9. The number of halogens is 3. The summed E-state index contributed by atoms with van der Waals surface area (Å²) >= 11 is 0. The highest BCUT2D eigenvalue weighted by atomic mass is 32.2. The van der Waals surface area contributed by atoms with Crippen molar-refractivity contribution in [2.45, 2.75) is 18.4 Å². The number of benzene rings is 2. The molecule has 30 heavy (non-hydrogen) atoms. The molecule has 0 radical (unpaired) electrons. The Kier molecular flexibility index (Phi) is 4.94. The van der Waals surface area contributed by atoms with Crippen LogP contribution in [0.2, 0.25) is 0 Å². The van der Waals surface area contributed by atoms with Crippen LogP contribution in [0.4, 0.5) is 18.9 Å². The Morgan fingerprint density at radius 3 is 2.27 bits per heavy atom. The topological polar surface area (TPSA) is 67.6 Å². The van der Waals surface area contributed by atoms with Gasteiger partial charge in [-0.3, -0.25) is 8.71 Å². The maximum atomic E-state index is 13.9. The highest BCUT2D eigenvalue weighted by Crippen LogP contribution is 2.29. The number of hydrogen-bond donors (Lipinski definition) is 0. The number of hydrogen-bond acceptors (Lipinski definition) is 4. The molecule has 0 N–H and O–H groups in total. The predicted octanol–water partition coefficient (Wildman–Crippen LogP) is 3.85. The van der Waals surface area contributed by atoms with Crippen molar-refractivity contribution >= 4 is 21.4 Å². The molecule has 2 aromatic heterocycles. The third kappa shape index (κ3) is 3.61. The molecular weight excluding hydrogens is 417 g/mol. The van der Waals surface area contributed by atoms with Crippen LogP contribution in [0, 0.1) is 24.4 Å². The molecule has 4 aromatic rings. The third-order valence-electron chi connectivity index (χ3n) is 4.51. The van der Waals surface area contributed by atoms with E-state index < -0.39 is 27.5 Å². The molecule has 4 rings (SSSR count). The Morgan fingerprint density at radius 1 is 0.933 bits per heavy atom. The number of aromatic nitrogens is 3. The lowest BCUT2D eigenvalue weighted by molar-refractivity contribution is 0.580. The lowest BCUT2D eigenvalue weighted by Gasteiger charge is -2.25. The number of fused-ring (bicyclic) bond motifs is 1. The second-order valence-corrected chi connectivity index (χ2v) is 8.41. The van der Waals surface area contributed by atoms with Gasteiger partial charge in [-0.15, -0.1) is 10.2 Å². The number of anilines is 1. The molecule has 154 valence electrons. The van der Waals surface area contributed by atoms with Crippen molar-refractivity contribution in [3.05, 3.63) is 89.6 Å². The first-order chi connectivity index (χ1) is 14.3. The van der Waals surface area contributed by atoms with Gasteiger partial charge in [-0.1, -0.05) is 12.1 Å². The van der Waals surface area contributed by atoms with Crippen LogP contribution in [0.15, 0.2) is 65.7 Å². The second-order valence-electron chi connectivity index (χ2n) is 6.58. The van der Waals surface area contributed by atoms with Gasteiger partial charge in [0.1, 0.15) is 28.2 Å². The summed E-state index contributed by atoms with van der Waals surface area (Å²) in [6.07, 6.45) is 1.61. The molecule has 0 spiro atoms. The van der Waals surface area contributed by atoms with E-state index in [2.05, 4.69) is 10.2 Å². The SMILES string of the molecule is Cc1nnc2c(S(=O)(=O)N(Cc3ccc(F)cc3)c3cc(F)cc(F)c3)cccn12. The molecule has 2 heterocycles. The molecule has 0 fully saturated rings. The summed E-state index contributed by atoms with van der Waals surface area (Å²) in [4.78, 5) is -0.183. The molecule has 0 unspecified atom stereocenters. The second kappa shape index (κ2) is 7.45. The van der Waals surface area contributed by atoms with E-state index in [-0.39, 0.29) is 22.8 Å². The fourth-order valence-electron chi connectivity index (χ4n) is 3.08. The zero-order valence-corrected chi connectivity index (χ0v) is 16.4. The zero-order chi connectivity index (χ0) is 21.5. The molecule has 0 amide bonds. The van der Waals surface area contributed by atoms with E-state index in [0.29, 0.717) is 17.5 Å². The summed E-state index contributed by atoms with van der Waals surface area (Å²) in [5, 5.41) is 7.82. The van der Waals surface area contributed by atoms with E-state index in [1.807, 2.05) is 0 Å². The van der Waals surface area contributed by atoms with Gasteiger partial charge in [0.15, 0.2) is 5.65 Å². The molecule has 0 bridgehead atoms. The van der Waals surface area contributed by atoms with Crippen LogP contribution in [0.1, 0.15) is 11.4 Å². The molecule has 0 aliphatic heterocycles. The van der Waals surface area contributed by atoms with Crippen molar-refractivity contribution in [1.82, 2.24) is 14.6 Å². The Balaban J connectivity index is 1.90. The first-order valence-corrected chi connectivity index (χ1v) is 10.2. The highest BCUT2D eigenvalue weighted by Gasteiger charge is 2.29. The normalized spacial score (nSPS) is 11.7. The minimum Gasteiger partial charge on any atom is -0.286 e. The fourth-order valence-corrected chi connectivity index (χ4v) is 4.64. The first kappa shape index (κ1) is 19.9. The number of nitrogens with zero attached hydrogens (tertiary/aromatic N) is 4. The molecule has 0 atom stereocenters. The van der Waals surface area contributed by atoms with Gasteiger partial charge in [0, 0.05) is 12.3 Å². The van der Waals surface area contributed by atoms with Crippen molar-refractivity contribution in [2.75, 3.05) is 4.31 Å². The van der Waals surface area contributed by atoms with Crippen molar-refractivity contribution in [3.8, 4) is 0 Å².